The summed E-state index contributed by atoms with van der Waals surface area (Å²) in [4.78, 5) is 16.0. The van der Waals surface area contributed by atoms with E-state index in [0.717, 1.165) is 11.8 Å². The number of carboxylic acid groups (broad SMARTS) is 1. The number of aromatic nitrogens is 1. The maximum absolute atomic E-state index is 12.7. The average Bonchev–Trinajstić information content (AvgIpc) is 3.14. The molecular formula is C16H16F3N3O3. The van der Waals surface area contributed by atoms with Crippen LogP contribution in [0.4, 0.5) is 19.2 Å². The molecule has 1 aromatic carbocycles. The number of halogens is 3. The highest BCUT2D eigenvalue weighted by Gasteiger charge is 2.40. The van der Waals surface area contributed by atoms with Gasteiger partial charge in [-0.1, -0.05) is 30.3 Å². The van der Waals surface area contributed by atoms with E-state index in [4.69, 9.17) is 9.52 Å². The zero-order chi connectivity index (χ0) is 18.0. The summed E-state index contributed by atoms with van der Waals surface area (Å²) < 4.78 is 43.2. The molecule has 1 aliphatic rings. The first-order chi connectivity index (χ1) is 11.8. The number of nitrogens with one attached hydrogen (secondary N) is 1. The number of likely N-dealkylation sites (tertiary alicyclic amines) is 1. The largest absolute Gasteiger partial charge is 0.476 e. The maximum atomic E-state index is 12.7. The van der Waals surface area contributed by atoms with Crippen molar-refractivity contribution in [1.29, 1.82) is 0 Å². The SMILES string of the molecule is O=C(O)c1coc(N[C@@H]2CN(CC(F)(F)F)C[C@H]2c2ccccc2)n1. The molecule has 1 saturated heterocycles. The van der Waals surface area contributed by atoms with Crippen molar-refractivity contribution in [3.63, 3.8) is 0 Å². The molecule has 134 valence electrons. The Labute approximate surface area is 141 Å². The van der Waals surface area contributed by atoms with Gasteiger partial charge in [-0.3, -0.25) is 4.90 Å². The summed E-state index contributed by atoms with van der Waals surface area (Å²) in [5, 5.41) is 11.8. The average molecular weight is 355 g/mol. The van der Waals surface area contributed by atoms with Crippen LogP contribution in [0, 0.1) is 0 Å². The standard InChI is InChI=1S/C16H16F3N3O3/c17-16(18,19)9-22-6-11(10-4-2-1-3-5-10)12(7-22)20-15-21-13(8-25-15)14(23)24/h1-5,8,11-12H,6-7,9H2,(H,20,21)(H,23,24)/t11-,12+/m0/s1. The van der Waals surface area contributed by atoms with Crippen molar-refractivity contribution >= 4 is 12.0 Å². The molecule has 0 radical (unpaired) electrons. The van der Waals surface area contributed by atoms with Crippen LogP contribution < -0.4 is 5.32 Å². The van der Waals surface area contributed by atoms with Gasteiger partial charge in [-0.25, -0.2) is 4.79 Å². The first kappa shape index (κ1) is 17.3. The zero-order valence-corrected chi connectivity index (χ0v) is 13.0. The van der Waals surface area contributed by atoms with E-state index in [1.807, 2.05) is 30.3 Å². The number of hydrogen-bond donors (Lipinski definition) is 2. The lowest BCUT2D eigenvalue weighted by molar-refractivity contribution is -0.143. The Morgan fingerprint density at radius 1 is 1.32 bits per heavy atom. The van der Waals surface area contributed by atoms with Crippen LogP contribution in [-0.2, 0) is 0 Å². The summed E-state index contributed by atoms with van der Waals surface area (Å²) in [6.45, 7) is -0.627. The van der Waals surface area contributed by atoms with Gasteiger partial charge in [-0.05, 0) is 5.56 Å². The number of rotatable bonds is 5. The van der Waals surface area contributed by atoms with Crippen molar-refractivity contribution in [1.82, 2.24) is 9.88 Å². The molecule has 6 nitrogen and oxygen atoms in total. The summed E-state index contributed by atoms with van der Waals surface area (Å²) in [5.74, 6) is -1.44. The molecule has 0 spiro atoms. The van der Waals surface area contributed by atoms with Crippen LogP contribution in [0.2, 0.25) is 0 Å². The van der Waals surface area contributed by atoms with Crippen LogP contribution in [0.3, 0.4) is 0 Å². The van der Waals surface area contributed by atoms with Crippen molar-refractivity contribution in [3.8, 4) is 0 Å². The Bertz CT molecular complexity index is 733. The quantitative estimate of drug-likeness (QED) is 0.859. The summed E-state index contributed by atoms with van der Waals surface area (Å²) >= 11 is 0. The van der Waals surface area contributed by atoms with Gasteiger partial charge in [0.1, 0.15) is 6.26 Å². The third-order valence-corrected chi connectivity index (χ3v) is 4.06. The molecule has 2 atom stereocenters. The first-order valence-corrected chi connectivity index (χ1v) is 7.61. The van der Waals surface area contributed by atoms with Gasteiger partial charge < -0.3 is 14.8 Å². The molecule has 1 aromatic heterocycles. The van der Waals surface area contributed by atoms with Gasteiger partial charge >= 0.3 is 12.1 Å². The van der Waals surface area contributed by atoms with E-state index in [9.17, 15) is 18.0 Å². The van der Waals surface area contributed by atoms with E-state index < -0.39 is 18.7 Å². The molecule has 0 unspecified atom stereocenters. The van der Waals surface area contributed by atoms with Crippen LogP contribution >= 0.6 is 0 Å². The zero-order valence-electron chi connectivity index (χ0n) is 13.0. The monoisotopic (exact) mass is 355 g/mol. The van der Waals surface area contributed by atoms with Crippen LogP contribution in [0.15, 0.2) is 41.0 Å². The van der Waals surface area contributed by atoms with Crippen molar-refractivity contribution in [3.05, 3.63) is 47.9 Å². The number of hydrogen-bond acceptors (Lipinski definition) is 5. The third-order valence-electron chi connectivity index (χ3n) is 4.06. The maximum Gasteiger partial charge on any atom is 0.401 e. The lowest BCUT2D eigenvalue weighted by atomic mass is 9.94. The van der Waals surface area contributed by atoms with Crippen molar-refractivity contribution in [2.75, 3.05) is 25.0 Å². The Kier molecular flexibility index (Phi) is 4.67. The molecule has 0 amide bonds. The molecule has 1 fully saturated rings. The van der Waals surface area contributed by atoms with Crippen LogP contribution in [0.25, 0.3) is 0 Å². The second-order valence-corrected chi connectivity index (χ2v) is 5.92. The van der Waals surface area contributed by atoms with E-state index in [1.165, 1.54) is 4.90 Å². The molecule has 0 aliphatic carbocycles. The minimum absolute atomic E-state index is 0.0165. The molecule has 9 heteroatoms. The third kappa shape index (κ3) is 4.30. The minimum atomic E-state index is -4.28. The lowest BCUT2D eigenvalue weighted by Crippen LogP contribution is -2.34. The molecule has 2 heterocycles. The van der Waals surface area contributed by atoms with Gasteiger partial charge in [0.25, 0.3) is 6.01 Å². The van der Waals surface area contributed by atoms with Crippen LogP contribution in [-0.4, -0.2) is 52.8 Å². The molecule has 2 aromatic rings. The highest BCUT2D eigenvalue weighted by molar-refractivity contribution is 5.85. The van der Waals surface area contributed by atoms with Crippen LogP contribution in [0.1, 0.15) is 22.0 Å². The summed E-state index contributed by atoms with van der Waals surface area (Å²) in [6, 6.07) is 8.80. The summed E-state index contributed by atoms with van der Waals surface area (Å²) in [7, 11) is 0. The van der Waals surface area contributed by atoms with Crippen molar-refractivity contribution in [2.45, 2.75) is 18.1 Å². The fourth-order valence-corrected chi connectivity index (χ4v) is 3.05. The Morgan fingerprint density at radius 3 is 2.64 bits per heavy atom. The van der Waals surface area contributed by atoms with Gasteiger partial charge in [0.05, 0.1) is 12.6 Å². The fourth-order valence-electron chi connectivity index (χ4n) is 3.05. The number of anilines is 1. The molecule has 1 aliphatic heterocycles. The van der Waals surface area contributed by atoms with Gasteiger partial charge in [0, 0.05) is 19.0 Å². The molecule has 2 N–H and O–H groups in total. The van der Waals surface area contributed by atoms with Crippen molar-refractivity contribution in [2.24, 2.45) is 0 Å². The van der Waals surface area contributed by atoms with Crippen molar-refractivity contribution < 1.29 is 27.5 Å². The number of aromatic carboxylic acids is 1. The van der Waals surface area contributed by atoms with Crippen LogP contribution in [0.5, 0.6) is 0 Å². The second-order valence-electron chi connectivity index (χ2n) is 5.92. The number of nitrogens with zero attached hydrogens (tertiary/aromatic N) is 2. The van der Waals surface area contributed by atoms with Gasteiger partial charge in [-0.2, -0.15) is 18.2 Å². The normalized spacial score (nSPS) is 21.4. The molecule has 0 saturated carbocycles. The molecule has 0 bridgehead atoms. The Hall–Kier alpha value is -2.55. The number of oxazole rings is 1. The highest BCUT2D eigenvalue weighted by atomic mass is 19.4. The molecule has 3 rings (SSSR count). The number of carboxylic acids is 1. The summed E-state index contributed by atoms with van der Waals surface area (Å²) in [5.41, 5.74) is 0.638. The first-order valence-electron chi connectivity index (χ1n) is 7.61. The Balaban J connectivity index is 1.78. The van der Waals surface area contributed by atoms with Gasteiger partial charge in [-0.15, -0.1) is 0 Å². The van der Waals surface area contributed by atoms with E-state index in [1.54, 1.807) is 0 Å². The highest BCUT2D eigenvalue weighted by Crippen LogP contribution is 2.31. The lowest BCUT2D eigenvalue weighted by Gasteiger charge is -2.19. The van der Waals surface area contributed by atoms with E-state index in [0.29, 0.717) is 0 Å². The smallest absolute Gasteiger partial charge is 0.401 e. The van der Waals surface area contributed by atoms with E-state index in [-0.39, 0.29) is 36.8 Å². The minimum Gasteiger partial charge on any atom is -0.476 e. The topological polar surface area (TPSA) is 78.6 Å². The summed E-state index contributed by atoms with van der Waals surface area (Å²) in [6.07, 6.45) is -3.29. The van der Waals surface area contributed by atoms with Gasteiger partial charge in [0.15, 0.2) is 5.69 Å². The van der Waals surface area contributed by atoms with Gasteiger partial charge in [0.2, 0.25) is 0 Å². The predicted molar refractivity (Wildman–Crippen MR) is 82.6 cm³/mol. The molecule has 25 heavy (non-hydrogen) atoms. The van der Waals surface area contributed by atoms with E-state index >= 15 is 0 Å². The fraction of sp³-hybridized carbons (Fsp3) is 0.375. The number of carbonyl (C=O) groups is 1. The van der Waals surface area contributed by atoms with E-state index in [2.05, 4.69) is 10.3 Å². The molecular weight excluding hydrogens is 339 g/mol. The predicted octanol–water partition coefficient (Wildman–Crippen LogP) is 2.82. The number of alkyl halides is 3. The second kappa shape index (κ2) is 6.75. The Morgan fingerprint density at radius 2 is 2.04 bits per heavy atom. The number of benzene rings is 1.